The molecule has 0 aliphatic carbocycles. The third-order valence-electron chi connectivity index (χ3n) is 5.13. The van der Waals surface area contributed by atoms with Crippen LogP contribution in [0.25, 0.3) is 0 Å². The number of H-pyrrole nitrogens is 1. The van der Waals surface area contributed by atoms with E-state index in [1.54, 1.807) is 21.3 Å². The minimum absolute atomic E-state index is 0.0356. The van der Waals surface area contributed by atoms with Crippen molar-refractivity contribution in [3.05, 3.63) is 42.1 Å². The molecule has 2 aromatic rings. The monoisotopic (exact) mass is 402 g/mol. The Kier molecular flexibility index (Phi) is 7.13. The molecule has 1 aliphatic heterocycles. The molecule has 0 radical (unpaired) electrons. The summed E-state index contributed by atoms with van der Waals surface area (Å²) in [6.45, 7) is 4.59. The number of aromatic nitrogens is 1. The van der Waals surface area contributed by atoms with E-state index in [1.807, 2.05) is 30.5 Å². The molecular formula is C21H30N4O4+2. The number of hydrogen-bond donors (Lipinski definition) is 2. The van der Waals surface area contributed by atoms with E-state index in [2.05, 4.69) is 21.3 Å². The zero-order valence-corrected chi connectivity index (χ0v) is 17.3. The fraction of sp³-hybridized carbons (Fsp3) is 0.429. The lowest BCUT2D eigenvalue weighted by Crippen LogP contribution is -3.16. The number of nitrogens with zero attached hydrogens (tertiary/aromatic N) is 1. The number of aromatic amines is 1. The summed E-state index contributed by atoms with van der Waals surface area (Å²) in [5, 5.41) is 3.00. The number of quaternary nitrogens is 1. The second-order valence-electron chi connectivity index (χ2n) is 6.97. The molecule has 0 spiro atoms. The summed E-state index contributed by atoms with van der Waals surface area (Å²) in [5.74, 6) is 2.86. The molecule has 0 atom stereocenters. The van der Waals surface area contributed by atoms with Crippen LogP contribution in [0.15, 0.2) is 36.5 Å². The van der Waals surface area contributed by atoms with E-state index < -0.39 is 0 Å². The van der Waals surface area contributed by atoms with Crippen LogP contribution in [0.5, 0.6) is 17.2 Å². The van der Waals surface area contributed by atoms with Crippen LogP contribution < -0.4 is 34.3 Å². The maximum atomic E-state index is 12.4. The topological polar surface area (TPSA) is 78.6 Å². The van der Waals surface area contributed by atoms with Crippen molar-refractivity contribution in [2.45, 2.75) is 6.54 Å². The Labute approximate surface area is 171 Å². The minimum Gasteiger partial charge on any atom is -0.493 e. The van der Waals surface area contributed by atoms with Crippen LogP contribution in [-0.4, -0.2) is 60.0 Å². The summed E-state index contributed by atoms with van der Waals surface area (Å²) in [4.78, 5) is 19.3. The SMILES string of the molecule is COc1cc(CNC(=O)C[NH+]2CCN(c3cccc[nH+]3)CC2)cc(OC)c1OC. The van der Waals surface area contributed by atoms with E-state index in [1.165, 1.54) is 4.90 Å². The van der Waals surface area contributed by atoms with Crippen LogP contribution in [0.1, 0.15) is 5.56 Å². The summed E-state index contributed by atoms with van der Waals surface area (Å²) in [6, 6.07) is 9.79. The maximum absolute atomic E-state index is 12.4. The molecule has 1 aliphatic rings. The van der Waals surface area contributed by atoms with Crippen LogP contribution in [0.3, 0.4) is 0 Å². The number of hydrogen-bond acceptors (Lipinski definition) is 5. The maximum Gasteiger partial charge on any atom is 0.275 e. The normalized spacial score (nSPS) is 14.4. The van der Waals surface area contributed by atoms with Gasteiger partial charge in [0.25, 0.3) is 11.7 Å². The first-order chi connectivity index (χ1) is 14.1. The summed E-state index contributed by atoms with van der Waals surface area (Å²) in [5.41, 5.74) is 0.896. The first-order valence-corrected chi connectivity index (χ1v) is 9.75. The number of amides is 1. The summed E-state index contributed by atoms with van der Waals surface area (Å²) in [6.07, 6.45) is 1.94. The van der Waals surface area contributed by atoms with E-state index >= 15 is 0 Å². The quantitative estimate of drug-likeness (QED) is 0.625. The number of ether oxygens (including phenoxy) is 3. The number of nitrogens with one attached hydrogen (secondary N) is 3. The van der Waals surface area contributed by atoms with Crippen molar-refractivity contribution >= 4 is 11.7 Å². The Morgan fingerprint density at radius 1 is 1.10 bits per heavy atom. The van der Waals surface area contributed by atoms with E-state index in [9.17, 15) is 4.79 Å². The number of methoxy groups -OCH3 is 3. The van der Waals surface area contributed by atoms with Crippen molar-refractivity contribution in [3.63, 3.8) is 0 Å². The third-order valence-corrected chi connectivity index (χ3v) is 5.13. The van der Waals surface area contributed by atoms with E-state index in [4.69, 9.17) is 14.2 Å². The number of carbonyl (C=O) groups is 1. The largest absolute Gasteiger partial charge is 0.493 e. The van der Waals surface area contributed by atoms with Gasteiger partial charge in [0.05, 0.1) is 27.5 Å². The van der Waals surface area contributed by atoms with Crippen molar-refractivity contribution in [1.29, 1.82) is 0 Å². The van der Waals surface area contributed by atoms with E-state index in [-0.39, 0.29) is 5.91 Å². The Morgan fingerprint density at radius 2 is 1.79 bits per heavy atom. The lowest BCUT2D eigenvalue weighted by atomic mass is 10.1. The Hall–Kier alpha value is -3.00. The minimum atomic E-state index is 0.0356. The summed E-state index contributed by atoms with van der Waals surface area (Å²) < 4.78 is 16.1. The highest BCUT2D eigenvalue weighted by Crippen LogP contribution is 2.38. The number of carbonyl (C=O) groups excluding carboxylic acids is 1. The summed E-state index contributed by atoms with van der Waals surface area (Å²) >= 11 is 0. The lowest BCUT2D eigenvalue weighted by molar-refractivity contribution is -0.892. The smallest absolute Gasteiger partial charge is 0.275 e. The zero-order chi connectivity index (χ0) is 20.6. The van der Waals surface area contributed by atoms with E-state index in [0.717, 1.165) is 37.6 Å². The molecule has 3 N–H and O–H groups in total. The van der Waals surface area contributed by atoms with Gasteiger partial charge in [-0.25, -0.2) is 4.98 Å². The number of piperazine rings is 1. The van der Waals surface area contributed by atoms with Crippen LogP contribution in [-0.2, 0) is 11.3 Å². The van der Waals surface area contributed by atoms with Crippen molar-refractivity contribution in [3.8, 4) is 17.2 Å². The molecular weight excluding hydrogens is 372 g/mol. The average Bonchev–Trinajstić information content (AvgIpc) is 2.78. The predicted octanol–water partition coefficient (Wildman–Crippen LogP) is -0.452. The number of benzene rings is 1. The van der Waals surface area contributed by atoms with Crippen molar-refractivity contribution < 1.29 is 28.9 Å². The van der Waals surface area contributed by atoms with Gasteiger partial charge in [0.1, 0.15) is 26.2 Å². The van der Waals surface area contributed by atoms with Crippen molar-refractivity contribution in [2.24, 2.45) is 0 Å². The molecule has 2 heterocycles. The Bertz CT molecular complexity index is 783. The fourth-order valence-electron chi connectivity index (χ4n) is 3.55. The molecule has 156 valence electrons. The average molecular weight is 402 g/mol. The fourth-order valence-corrected chi connectivity index (χ4v) is 3.55. The van der Waals surface area contributed by atoms with Gasteiger partial charge < -0.3 is 24.4 Å². The van der Waals surface area contributed by atoms with Crippen LogP contribution in [0.2, 0.25) is 0 Å². The van der Waals surface area contributed by atoms with Gasteiger partial charge in [-0.05, 0) is 23.8 Å². The molecule has 1 fully saturated rings. The Morgan fingerprint density at radius 3 is 2.34 bits per heavy atom. The first kappa shape index (κ1) is 20.7. The van der Waals surface area contributed by atoms with Gasteiger partial charge in [0, 0.05) is 12.6 Å². The van der Waals surface area contributed by atoms with Gasteiger partial charge in [0.2, 0.25) is 5.75 Å². The van der Waals surface area contributed by atoms with Crippen LogP contribution in [0, 0.1) is 0 Å². The molecule has 1 aromatic heterocycles. The number of rotatable bonds is 8. The van der Waals surface area contributed by atoms with Gasteiger partial charge in [-0.2, -0.15) is 0 Å². The van der Waals surface area contributed by atoms with Crippen molar-refractivity contribution in [2.75, 3.05) is 59.0 Å². The molecule has 0 unspecified atom stereocenters. The second-order valence-corrected chi connectivity index (χ2v) is 6.97. The van der Waals surface area contributed by atoms with Gasteiger partial charge in [0.15, 0.2) is 18.0 Å². The molecule has 1 aromatic carbocycles. The van der Waals surface area contributed by atoms with Gasteiger partial charge in [-0.15, -0.1) is 0 Å². The summed E-state index contributed by atoms with van der Waals surface area (Å²) in [7, 11) is 4.73. The van der Waals surface area contributed by atoms with E-state index in [0.29, 0.717) is 30.3 Å². The van der Waals surface area contributed by atoms with Crippen molar-refractivity contribution in [1.82, 2.24) is 5.32 Å². The lowest BCUT2D eigenvalue weighted by Gasteiger charge is -2.27. The molecule has 29 heavy (non-hydrogen) atoms. The van der Waals surface area contributed by atoms with Gasteiger partial charge >= 0.3 is 0 Å². The highest BCUT2D eigenvalue weighted by molar-refractivity contribution is 5.76. The highest BCUT2D eigenvalue weighted by atomic mass is 16.5. The van der Waals surface area contributed by atoms with Gasteiger partial charge in [-0.3, -0.25) is 9.69 Å². The standard InChI is InChI=1S/C21H28N4O4/c1-27-17-12-16(13-18(28-2)21(17)29-3)14-23-20(26)15-24-8-10-25(11-9-24)19-6-4-5-7-22-19/h4-7,12-13H,8-11,14-15H2,1-3H3,(H,23,26)/p+2. The number of anilines is 1. The molecule has 0 bridgehead atoms. The molecule has 1 saturated heterocycles. The molecule has 3 rings (SSSR count). The third kappa shape index (κ3) is 5.29. The predicted molar refractivity (Wildman–Crippen MR) is 109 cm³/mol. The first-order valence-electron chi connectivity index (χ1n) is 9.75. The highest BCUT2D eigenvalue weighted by Gasteiger charge is 2.27. The van der Waals surface area contributed by atoms with Crippen LogP contribution in [0.4, 0.5) is 5.82 Å². The van der Waals surface area contributed by atoms with Gasteiger partial charge in [-0.1, -0.05) is 6.07 Å². The molecule has 0 saturated carbocycles. The number of pyridine rings is 1. The zero-order valence-electron chi connectivity index (χ0n) is 17.3. The molecule has 8 heteroatoms. The molecule has 8 nitrogen and oxygen atoms in total. The second kappa shape index (κ2) is 9.97. The van der Waals surface area contributed by atoms with Crippen LogP contribution >= 0.6 is 0 Å². The Balaban J connectivity index is 1.49. The molecule has 1 amide bonds.